The van der Waals surface area contributed by atoms with E-state index in [0.717, 1.165) is 18.4 Å². The Balaban J connectivity index is 1.89. The van der Waals surface area contributed by atoms with Crippen molar-refractivity contribution in [3.63, 3.8) is 0 Å². The molecular weight excluding hydrogens is 336 g/mol. The van der Waals surface area contributed by atoms with Gasteiger partial charge in [-0.1, -0.05) is 50.2 Å². The molecule has 0 unspecified atom stereocenters. The van der Waals surface area contributed by atoms with Crippen LogP contribution >= 0.6 is 11.3 Å². The first-order chi connectivity index (χ1) is 12.7. The largest absolute Gasteiger partial charge is 0.392 e. The van der Waals surface area contributed by atoms with E-state index in [1.165, 1.54) is 42.4 Å². The van der Waals surface area contributed by atoms with Gasteiger partial charge in [0.25, 0.3) is 0 Å². The monoisotopic (exact) mass is 358 g/mol. The zero-order valence-corrected chi connectivity index (χ0v) is 16.0. The van der Waals surface area contributed by atoms with Crippen molar-refractivity contribution in [2.75, 3.05) is 0 Å². The molecular formula is C24H22OS. The van der Waals surface area contributed by atoms with E-state index in [0.29, 0.717) is 0 Å². The van der Waals surface area contributed by atoms with Crippen molar-refractivity contribution in [1.29, 1.82) is 0 Å². The lowest BCUT2D eigenvalue weighted by molar-refractivity contribution is 0.281. The Morgan fingerprint density at radius 2 is 1.58 bits per heavy atom. The van der Waals surface area contributed by atoms with Crippen molar-refractivity contribution < 1.29 is 5.11 Å². The van der Waals surface area contributed by atoms with Crippen LogP contribution in [-0.4, -0.2) is 5.11 Å². The Morgan fingerprint density at radius 1 is 0.808 bits per heavy atom. The quantitative estimate of drug-likeness (QED) is 0.435. The van der Waals surface area contributed by atoms with Crippen LogP contribution in [0.5, 0.6) is 0 Å². The number of rotatable bonds is 3. The highest BCUT2D eigenvalue weighted by Gasteiger charge is 2.41. The molecule has 0 saturated carbocycles. The molecule has 0 aliphatic heterocycles. The Morgan fingerprint density at radius 3 is 2.35 bits per heavy atom. The molecule has 0 fully saturated rings. The first-order valence-corrected chi connectivity index (χ1v) is 10.2. The number of aliphatic hydroxyl groups is 1. The minimum atomic E-state index is 0.0487. The van der Waals surface area contributed by atoms with E-state index in [1.807, 2.05) is 11.3 Å². The van der Waals surface area contributed by atoms with Crippen molar-refractivity contribution in [3.8, 4) is 11.1 Å². The second kappa shape index (κ2) is 5.67. The van der Waals surface area contributed by atoms with Gasteiger partial charge in [-0.3, -0.25) is 0 Å². The molecule has 1 aromatic heterocycles. The zero-order valence-electron chi connectivity index (χ0n) is 15.2. The predicted molar refractivity (Wildman–Crippen MR) is 112 cm³/mol. The third-order valence-corrected chi connectivity index (χ3v) is 7.45. The third kappa shape index (κ3) is 1.94. The maximum atomic E-state index is 9.64. The lowest BCUT2D eigenvalue weighted by Crippen LogP contribution is -2.23. The van der Waals surface area contributed by atoms with Crippen LogP contribution < -0.4 is 0 Å². The number of aliphatic hydroxyl groups excluding tert-OH is 1. The summed E-state index contributed by atoms with van der Waals surface area (Å²) in [6.07, 6.45) is 2.15. The molecule has 1 nitrogen and oxygen atoms in total. The average molecular weight is 359 g/mol. The first-order valence-electron chi connectivity index (χ1n) is 9.42. The number of fused-ring (bicyclic) bond motifs is 6. The summed E-state index contributed by atoms with van der Waals surface area (Å²) in [5, 5.41) is 12.4. The topological polar surface area (TPSA) is 20.2 Å². The van der Waals surface area contributed by atoms with E-state index < -0.39 is 0 Å². The predicted octanol–water partition coefficient (Wildman–Crippen LogP) is 6.63. The van der Waals surface area contributed by atoms with Gasteiger partial charge in [-0.25, -0.2) is 0 Å². The van der Waals surface area contributed by atoms with E-state index in [4.69, 9.17) is 0 Å². The minimum Gasteiger partial charge on any atom is -0.392 e. The standard InChI is InChI=1S/C24H22OS/c1-3-24(4-2)20-11-15(14-25)9-10-16(20)18-13-23-19(12-21(18)24)17-7-5-6-8-22(17)26-23/h5-13,25H,3-4,14H2,1-2H3. The van der Waals surface area contributed by atoms with Gasteiger partial charge in [-0.05, 0) is 58.9 Å². The lowest BCUT2D eigenvalue weighted by atomic mass is 9.73. The van der Waals surface area contributed by atoms with E-state index >= 15 is 0 Å². The van der Waals surface area contributed by atoms with E-state index in [9.17, 15) is 5.11 Å². The number of hydrogen-bond donors (Lipinski definition) is 1. The zero-order chi connectivity index (χ0) is 17.9. The molecule has 130 valence electrons. The van der Waals surface area contributed by atoms with Gasteiger partial charge in [0.1, 0.15) is 0 Å². The Kier molecular flexibility index (Phi) is 3.50. The summed E-state index contributed by atoms with van der Waals surface area (Å²) in [6, 6.07) is 20.1. The summed E-state index contributed by atoms with van der Waals surface area (Å²) < 4.78 is 2.73. The molecule has 0 spiro atoms. The highest BCUT2D eigenvalue weighted by Crippen LogP contribution is 2.54. The minimum absolute atomic E-state index is 0.0487. The van der Waals surface area contributed by atoms with Crippen molar-refractivity contribution in [2.24, 2.45) is 0 Å². The van der Waals surface area contributed by atoms with E-state index in [2.05, 4.69) is 68.4 Å². The second-order valence-electron chi connectivity index (χ2n) is 7.32. The van der Waals surface area contributed by atoms with Crippen LogP contribution in [0.1, 0.15) is 43.4 Å². The van der Waals surface area contributed by atoms with E-state index in [-0.39, 0.29) is 12.0 Å². The summed E-state index contributed by atoms with van der Waals surface area (Å²) >= 11 is 1.89. The Bertz CT molecular complexity index is 1150. The average Bonchev–Trinajstić information content (AvgIpc) is 3.18. The van der Waals surface area contributed by atoms with Gasteiger partial charge in [0.2, 0.25) is 0 Å². The molecule has 3 aromatic carbocycles. The van der Waals surface area contributed by atoms with Crippen LogP contribution in [0.25, 0.3) is 31.3 Å². The highest BCUT2D eigenvalue weighted by atomic mass is 32.1. The molecule has 1 heterocycles. The number of thiophene rings is 1. The summed E-state index contributed by atoms with van der Waals surface area (Å²) in [5.74, 6) is 0. The molecule has 1 aliphatic rings. The van der Waals surface area contributed by atoms with Crippen LogP contribution in [0, 0.1) is 0 Å². The Hall–Kier alpha value is -2.16. The van der Waals surface area contributed by atoms with Crippen molar-refractivity contribution in [1.82, 2.24) is 0 Å². The molecule has 2 heteroatoms. The van der Waals surface area contributed by atoms with Gasteiger partial charge in [-0.2, -0.15) is 0 Å². The molecule has 1 N–H and O–H groups in total. The molecule has 1 aliphatic carbocycles. The molecule has 0 saturated heterocycles. The summed E-state index contributed by atoms with van der Waals surface area (Å²) in [7, 11) is 0. The highest BCUT2D eigenvalue weighted by molar-refractivity contribution is 7.25. The van der Waals surface area contributed by atoms with Crippen LogP contribution in [0.3, 0.4) is 0 Å². The van der Waals surface area contributed by atoms with Crippen molar-refractivity contribution in [3.05, 3.63) is 71.3 Å². The third-order valence-electron chi connectivity index (χ3n) is 6.31. The first kappa shape index (κ1) is 16.0. The SMILES string of the molecule is CCC1(CC)c2cc(CO)ccc2-c2cc3sc4ccccc4c3cc21. The fourth-order valence-corrected chi connectivity index (χ4v) is 5.99. The lowest BCUT2D eigenvalue weighted by Gasteiger charge is -2.30. The molecule has 0 radical (unpaired) electrons. The van der Waals surface area contributed by atoms with Crippen molar-refractivity contribution in [2.45, 2.75) is 38.7 Å². The number of hydrogen-bond acceptors (Lipinski definition) is 2. The van der Waals surface area contributed by atoms with Crippen molar-refractivity contribution >= 4 is 31.5 Å². The normalized spacial score (nSPS) is 14.7. The van der Waals surface area contributed by atoms with Gasteiger partial charge in [0.15, 0.2) is 0 Å². The molecule has 26 heavy (non-hydrogen) atoms. The maximum Gasteiger partial charge on any atom is 0.0681 e. The maximum absolute atomic E-state index is 9.64. The molecule has 5 rings (SSSR count). The van der Waals surface area contributed by atoms with Gasteiger partial charge in [0.05, 0.1) is 6.61 Å². The smallest absolute Gasteiger partial charge is 0.0681 e. The van der Waals surface area contributed by atoms with Gasteiger partial charge in [-0.15, -0.1) is 11.3 Å². The second-order valence-corrected chi connectivity index (χ2v) is 8.40. The Labute approximate surface area is 157 Å². The number of benzene rings is 3. The van der Waals surface area contributed by atoms with Crippen LogP contribution in [0.15, 0.2) is 54.6 Å². The van der Waals surface area contributed by atoms with Gasteiger partial charge >= 0.3 is 0 Å². The fraction of sp³-hybridized carbons (Fsp3) is 0.250. The summed E-state index contributed by atoms with van der Waals surface area (Å²) in [4.78, 5) is 0. The summed E-state index contributed by atoms with van der Waals surface area (Å²) in [5.41, 5.74) is 6.64. The molecule has 0 bridgehead atoms. The fourth-order valence-electron chi connectivity index (χ4n) is 4.87. The molecule has 0 amide bonds. The molecule has 4 aromatic rings. The van der Waals surface area contributed by atoms with Gasteiger partial charge < -0.3 is 5.11 Å². The van der Waals surface area contributed by atoms with Crippen LogP contribution in [-0.2, 0) is 12.0 Å². The van der Waals surface area contributed by atoms with Crippen LogP contribution in [0.2, 0.25) is 0 Å². The van der Waals surface area contributed by atoms with Crippen LogP contribution in [0.4, 0.5) is 0 Å². The summed E-state index contributed by atoms with van der Waals surface area (Å²) in [6.45, 7) is 4.70. The van der Waals surface area contributed by atoms with E-state index in [1.54, 1.807) is 0 Å². The van der Waals surface area contributed by atoms with Gasteiger partial charge in [0, 0.05) is 25.6 Å². The molecule has 0 atom stereocenters.